The number of nitriles is 1. The van der Waals surface area contributed by atoms with Crippen LogP contribution in [-0.4, -0.2) is 76.4 Å². The van der Waals surface area contributed by atoms with Crippen molar-refractivity contribution in [2.24, 2.45) is 0 Å². The molecule has 2 amide bonds. The molecule has 2 aliphatic rings. The quantitative estimate of drug-likeness (QED) is 0.290. The number of benzene rings is 1. The van der Waals surface area contributed by atoms with Gasteiger partial charge in [-0.3, -0.25) is 14.5 Å². The molecule has 2 saturated heterocycles. The molecule has 41 heavy (non-hydrogen) atoms. The zero-order valence-corrected chi connectivity index (χ0v) is 24.1. The molecule has 1 aromatic heterocycles. The average molecular weight is 590 g/mol. The van der Waals surface area contributed by atoms with E-state index in [0.717, 1.165) is 68.8 Å². The summed E-state index contributed by atoms with van der Waals surface area (Å²) in [4.78, 5) is 32.9. The average Bonchev–Trinajstić information content (AvgIpc) is 3.43. The molecule has 0 atom stereocenters. The molecule has 4 rings (SSSR count). The zero-order valence-electron chi connectivity index (χ0n) is 23.2. The first-order valence-corrected chi connectivity index (χ1v) is 14.2. The van der Waals surface area contributed by atoms with Crippen molar-refractivity contribution in [3.05, 3.63) is 53.5 Å². The first-order valence-electron chi connectivity index (χ1n) is 13.8. The number of carbonyl (C=O) groups excluding carboxylic acids is 2. The minimum Gasteiger partial charge on any atom is -0.459 e. The second-order valence-electron chi connectivity index (χ2n) is 10.9. The largest absolute Gasteiger partial charge is 0.459 e. The number of nitrogens with zero attached hydrogens (tertiary/aromatic N) is 5. The number of furan rings is 1. The van der Waals surface area contributed by atoms with Crippen molar-refractivity contribution in [1.29, 1.82) is 5.26 Å². The van der Waals surface area contributed by atoms with E-state index < -0.39 is 28.7 Å². The van der Waals surface area contributed by atoms with Gasteiger partial charge in [-0.25, -0.2) is 0 Å². The summed E-state index contributed by atoms with van der Waals surface area (Å²) in [5.41, 5.74) is -2.60. The molecule has 2 aliphatic heterocycles. The molecule has 2 aromatic rings. The maximum atomic E-state index is 13.5. The maximum absolute atomic E-state index is 13.5. The molecular weight excluding hydrogens is 555 g/mol. The Labute approximate surface area is 243 Å². The first-order chi connectivity index (χ1) is 19.4. The lowest BCUT2D eigenvalue weighted by molar-refractivity contribution is -0.137. The monoisotopic (exact) mass is 589 g/mol. The van der Waals surface area contributed by atoms with Crippen LogP contribution in [0.2, 0.25) is 0 Å². The summed E-state index contributed by atoms with van der Waals surface area (Å²) in [6.45, 7) is 7.98. The van der Waals surface area contributed by atoms with Crippen molar-refractivity contribution in [2.45, 2.75) is 57.7 Å². The molecule has 0 bridgehead atoms. The van der Waals surface area contributed by atoms with Gasteiger partial charge >= 0.3 is 6.18 Å². The Bertz CT molecular complexity index is 1310. The topological polar surface area (TPSA) is 84.0 Å². The van der Waals surface area contributed by atoms with Crippen LogP contribution in [0.4, 0.5) is 18.9 Å². The van der Waals surface area contributed by atoms with E-state index in [2.05, 4.69) is 4.90 Å². The van der Waals surface area contributed by atoms with Gasteiger partial charge in [0.25, 0.3) is 11.8 Å². The zero-order chi connectivity index (χ0) is 29.8. The van der Waals surface area contributed by atoms with E-state index in [1.54, 1.807) is 36.9 Å². The number of amides is 2. The molecule has 0 aliphatic carbocycles. The van der Waals surface area contributed by atoms with Crippen LogP contribution in [0.1, 0.15) is 67.6 Å². The summed E-state index contributed by atoms with van der Waals surface area (Å²) >= 11 is 5.57. The van der Waals surface area contributed by atoms with Crippen LogP contribution in [0.15, 0.2) is 41.0 Å². The molecule has 0 radical (unpaired) electrons. The summed E-state index contributed by atoms with van der Waals surface area (Å²) < 4.78 is 45.8. The summed E-state index contributed by atoms with van der Waals surface area (Å²) in [7, 11) is 0. The summed E-state index contributed by atoms with van der Waals surface area (Å²) in [6, 6.07) is 8.17. The standard InChI is InChI=1S/C29H34F3N5O3S/c1-28(2)26(39)37(22-11-10-21(20-33)23(19-22)29(30,31)32)27(41)36(28)15-6-4-3-5-12-34-13-8-14-35(17-16-34)25(38)24-9-7-18-40-24/h7,9-11,18-19H,3-6,8,12-17H2,1-2H3. The highest BCUT2D eigenvalue weighted by Crippen LogP contribution is 2.38. The fourth-order valence-corrected chi connectivity index (χ4v) is 5.86. The number of halogens is 3. The number of carbonyl (C=O) groups is 2. The SMILES string of the molecule is CC1(C)C(=O)N(c2ccc(C#N)c(C(F)(F)F)c2)C(=S)N1CCCCCCN1CCCN(C(=O)c2ccco2)CC1. The molecular formula is C29H34F3N5O3S. The van der Waals surface area contributed by atoms with Gasteiger partial charge in [0, 0.05) is 26.2 Å². The predicted octanol–water partition coefficient (Wildman–Crippen LogP) is 5.29. The molecule has 220 valence electrons. The number of unbranched alkanes of at least 4 members (excludes halogenated alkanes) is 3. The number of hydrogen-bond donors (Lipinski definition) is 0. The van der Waals surface area contributed by atoms with E-state index in [0.29, 0.717) is 25.4 Å². The van der Waals surface area contributed by atoms with Crippen LogP contribution in [0, 0.1) is 11.3 Å². The van der Waals surface area contributed by atoms with Crippen molar-refractivity contribution >= 4 is 34.8 Å². The third kappa shape index (κ3) is 6.73. The Morgan fingerprint density at radius 1 is 1.07 bits per heavy atom. The normalized spacial score (nSPS) is 18.1. The van der Waals surface area contributed by atoms with Gasteiger partial charge in [0.1, 0.15) is 5.54 Å². The van der Waals surface area contributed by atoms with E-state index in [1.807, 2.05) is 4.90 Å². The minimum absolute atomic E-state index is 0.00350. The number of anilines is 1. The highest BCUT2D eigenvalue weighted by Gasteiger charge is 2.49. The first kappa shape index (κ1) is 30.5. The van der Waals surface area contributed by atoms with Crippen molar-refractivity contribution in [3.63, 3.8) is 0 Å². The third-order valence-electron chi connectivity index (χ3n) is 7.72. The van der Waals surface area contributed by atoms with Crippen LogP contribution in [0.3, 0.4) is 0 Å². The molecule has 2 fully saturated rings. The second-order valence-corrected chi connectivity index (χ2v) is 11.2. The van der Waals surface area contributed by atoms with Crippen molar-refractivity contribution in [2.75, 3.05) is 44.2 Å². The van der Waals surface area contributed by atoms with E-state index in [1.165, 1.54) is 12.3 Å². The van der Waals surface area contributed by atoms with Crippen LogP contribution >= 0.6 is 12.2 Å². The van der Waals surface area contributed by atoms with Crippen molar-refractivity contribution in [3.8, 4) is 6.07 Å². The third-order valence-corrected chi connectivity index (χ3v) is 8.13. The fraction of sp³-hybridized carbons (Fsp3) is 0.517. The number of hydrogen-bond acceptors (Lipinski definition) is 6. The Morgan fingerprint density at radius 3 is 2.46 bits per heavy atom. The number of alkyl halides is 3. The molecule has 0 unspecified atom stereocenters. The molecule has 12 heteroatoms. The van der Waals surface area contributed by atoms with E-state index in [-0.39, 0.29) is 16.7 Å². The van der Waals surface area contributed by atoms with Gasteiger partial charge in [-0.15, -0.1) is 0 Å². The summed E-state index contributed by atoms with van der Waals surface area (Å²) in [5, 5.41) is 9.25. The van der Waals surface area contributed by atoms with Gasteiger partial charge in [-0.1, -0.05) is 12.8 Å². The molecule has 3 heterocycles. The Morgan fingerprint density at radius 2 is 1.80 bits per heavy atom. The maximum Gasteiger partial charge on any atom is 0.417 e. The van der Waals surface area contributed by atoms with Crippen LogP contribution in [0.25, 0.3) is 0 Å². The molecule has 1 aromatic carbocycles. The smallest absolute Gasteiger partial charge is 0.417 e. The highest BCUT2D eigenvalue weighted by molar-refractivity contribution is 7.80. The Hall–Kier alpha value is -3.43. The molecule has 0 saturated carbocycles. The molecule has 0 N–H and O–H groups in total. The Kier molecular flexibility index (Phi) is 9.39. The van der Waals surface area contributed by atoms with Gasteiger partial charge < -0.3 is 19.1 Å². The highest BCUT2D eigenvalue weighted by atomic mass is 32.1. The van der Waals surface area contributed by atoms with Gasteiger partial charge in [0.2, 0.25) is 0 Å². The molecule has 0 spiro atoms. The number of thiocarbonyl (C=S) groups is 1. The Balaban J connectivity index is 1.25. The minimum atomic E-state index is -4.73. The van der Waals surface area contributed by atoms with Crippen LogP contribution in [-0.2, 0) is 11.0 Å². The molecule has 8 nitrogen and oxygen atoms in total. The van der Waals surface area contributed by atoms with Gasteiger partial charge in [0.15, 0.2) is 10.9 Å². The van der Waals surface area contributed by atoms with E-state index in [9.17, 15) is 22.8 Å². The lowest BCUT2D eigenvalue weighted by Gasteiger charge is -2.29. The summed E-state index contributed by atoms with van der Waals surface area (Å²) in [6.07, 6.45) is 1.34. The van der Waals surface area contributed by atoms with Gasteiger partial charge in [0.05, 0.1) is 29.1 Å². The van der Waals surface area contributed by atoms with Gasteiger partial charge in [-0.2, -0.15) is 18.4 Å². The summed E-state index contributed by atoms with van der Waals surface area (Å²) in [5.74, 6) is -0.107. The number of rotatable bonds is 9. The second kappa shape index (κ2) is 12.6. The van der Waals surface area contributed by atoms with E-state index >= 15 is 0 Å². The van der Waals surface area contributed by atoms with Crippen LogP contribution < -0.4 is 4.90 Å². The van der Waals surface area contributed by atoms with Crippen molar-refractivity contribution < 1.29 is 27.2 Å². The van der Waals surface area contributed by atoms with E-state index in [4.69, 9.17) is 21.9 Å². The van der Waals surface area contributed by atoms with Crippen LogP contribution in [0.5, 0.6) is 0 Å². The fourth-order valence-electron chi connectivity index (χ4n) is 5.35. The lowest BCUT2D eigenvalue weighted by Crippen LogP contribution is -2.44. The van der Waals surface area contributed by atoms with Crippen molar-refractivity contribution in [1.82, 2.24) is 14.7 Å². The van der Waals surface area contributed by atoms with Gasteiger partial charge in [-0.05, 0) is 88.7 Å². The lowest BCUT2D eigenvalue weighted by atomic mass is 10.0. The predicted molar refractivity (Wildman–Crippen MR) is 151 cm³/mol.